The maximum absolute atomic E-state index is 12.7. The Morgan fingerprint density at radius 1 is 1.15 bits per heavy atom. The predicted molar refractivity (Wildman–Crippen MR) is 122 cm³/mol. The molecular formula is C23H26N4O6. The van der Waals surface area contributed by atoms with E-state index in [0.717, 1.165) is 5.56 Å². The number of nitro benzene ring substituents is 1. The molecule has 2 aromatic rings. The van der Waals surface area contributed by atoms with Gasteiger partial charge in [0.15, 0.2) is 17.5 Å². The molecule has 33 heavy (non-hydrogen) atoms. The van der Waals surface area contributed by atoms with Crippen LogP contribution in [0.1, 0.15) is 37.9 Å². The molecule has 0 bridgehead atoms. The number of nitrogens with zero attached hydrogens (tertiary/aromatic N) is 2. The van der Waals surface area contributed by atoms with Crippen molar-refractivity contribution in [2.75, 3.05) is 13.2 Å². The zero-order valence-electron chi connectivity index (χ0n) is 18.7. The fourth-order valence-electron chi connectivity index (χ4n) is 3.46. The molecule has 10 heteroatoms. The third-order valence-corrected chi connectivity index (χ3v) is 4.88. The third-order valence-electron chi connectivity index (χ3n) is 4.88. The first-order valence-electron chi connectivity index (χ1n) is 10.5. The summed E-state index contributed by atoms with van der Waals surface area (Å²) in [7, 11) is 0. The number of ether oxygens (including phenoxy) is 3. The van der Waals surface area contributed by atoms with Gasteiger partial charge in [0, 0.05) is 5.70 Å². The van der Waals surface area contributed by atoms with Gasteiger partial charge in [-0.25, -0.2) is 9.79 Å². The van der Waals surface area contributed by atoms with Crippen molar-refractivity contribution in [3.63, 3.8) is 0 Å². The van der Waals surface area contributed by atoms with E-state index in [1.54, 1.807) is 20.8 Å². The quantitative estimate of drug-likeness (QED) is 0.334. The molecule has 1 aliphatic rings. The molecule has 0 saturated carbocycles. The lowest BCUT2D eigenvalue weighted by Crippen LogP contribution is -2.37. The van der Waals surface area contributed by atoms with Gasteiger partial charge in [0.05, 0.1) is 35.3 Å². The van der Waals surface area contributed by atoms with Crippen LogP contribution in [0.5, 0.6) is 11.5 Å². The monoisotopic (exact) mass is 454 g/mol. The fraction of sp³-hybridized carbons (Fsp3) is 0.304. The lowest BCUT2D eigenvalue weighted by Gasteiger charge is -2.25. The van der Waals surface area contributed by atoms with E-state index in [4.69, 9.17) is 19.9 Å². The van der Waals surface area contributed by atoms with Crippen LogP contribution in [0.15, 0.2) is 58.7 Å². The highest BCUT2D eigenvalue weighted by molar-refractivity contribution is 5.95. The van der Waals surface area contributed by atoms with Crippen molar-refractivity contribution in [2.24, 2.45) is 10.7 Å². The molecule has 1 aliphatic heterocycles. The zero-order valence-corrected chi connectivity index (χ0v) is 18.7. The molecule has 1 heterocycles. The van der Waals surface area contributed by atoms with Crippen molar-refractivity contribution in [1.82, 2.24) is 5.32 Å². The van der Waals surface area contributed by atoms with E-state index < -0.39 is 16.9 Å². The van der Waals surface area contributed by atoms with Gasteiger partial charge in [-0.3, -0.25) is 10.1 Å². The number of guanidine groups is 1. The minimum Gasteiger partial charge on any atom is -0.490 e. The highest BCUT2D eigenvalue weighted by atomic mass is 16.6. The van der Waals surface area contributed by atoms with E-state index in [2.05, 4.69) is 10.3 Å². The summed E-state index contributed by atoms with van der Waals surface area (Å²) >= 11 is 0. The molecule has 10 nitrogen and oxygen atoms in total. The molecule has 0 saturated heterocycles. The number of aliphatic imine (C=N–C) groups is 1. The van der Waals surface area contributed by atoms with E-state index in [1.165, 1.54) is 12.1 Å². The molecule has 0 aromatic heterocycles. The van der Waals surface area contributed by atoms with Gasteiger partial charge < -0.3 is 25.3 Å². The number of nitrogens with two attached hydrogens (primary N) is 1. The van der Waals surface area contributed by atoms with Crippen LogP contribution >= 0.6 is 0 Å². The number of nitrogens with one attached hydrogen (secondary N) is 1. The second-order valence-electron chi connectivity index (χ2n) is 7.12. The summed E-state index contributed by atoms with van der Waals surface area (Å²) < 4.78 is 16.7. The standard InChI is InChI=1S/C23H26N4O6/c1-4-31-18-11-16(21-20(22(28)32-5-2)14(3)25-23(24)26-21)17(27(29)30)12-19(18)33-13-15-9-7-6-8-10-15/h6-12,21H,4-5,13H2,1-3H3,(H3,24,25,26)/t21-/m1/s1. The zero-order chi connectivity index (χ0) is 24.0. The Morgan fingerprint density at radius 3 is 2.48 bits per heavy atom. The van der Waals surface area contributed by atoms with Gasteiger partial charge in [0.2, 0.25) is 0 Å². The van der Waals surface area contributed by atoms with Crippen molar-refractivity contribution >= 4 is 17.6 Å². The Hall–Kier alpha value is -4.08. The molecule has 174 valence electrons. The normalized spacial score (nSPS) is 15.4. The van der Waals surface area contributed by atoms with Crippen LogP contribution < -0.4 is 20.5 Å². The van der Waals surface area contributed by atoms with Crippen LogP contribution in [0.4, 0.5) is 5.69 Å². The van der Waals surface area contributed by atoms with Gasteiger partial charge in [0.25, 0.3) is 5.69 Å². The van der Waals surface area contributed by atoms with E-state index in [-0.39, 0.29) is 41.7 Å². The molecule has 3 rings (SSSR count). The number of allylic oxidation sites excluding steroid dienone is 1. The number of rotatable bonds is 9. The molecule has 0 unspecified atom stereocenters. The first-order chi connectivity index (χ1) is 15.8. The first-order valence-corrected chi connectivity index (χ1v) is 10.5. The largest absolute Gasteiger partial charge is 0.490 e. The topological polar surface area (TPSA) is 138 Å². The van der Waals surface area contributed by atoms with Gasteiger partial charge in [-0.1, -0.05) is 30.3 Å². The van der Waals surface area contributed by atoms with E-state index >= 15 is 0 Å². The van der Waals surface area contributed by atoms with Crippen LogP contribution in [-0.4, -0.2) is 30.1 Å². The predicted octanol–water partition coefficient (Wildman–Crippen LogP) is 3.37. The molecule has 0 amide bonds. The third kappa shape index (κ3) is 5.40. The minimum absolute atomic E-state index is 0.0298. The summed E-state index contributed by atoms with van der Waals surface area (Å²) in [6.45, 7) is 5.73. The van der Waals surface area contributed by atoms with E-state index in [9.17, 15) is 14.9 Å². The second-order valence-corrected chi connectivity index (χ2v) is 7.12. The lowest BCUT2D eigenvalue weighted by atomic mass is 9.94. The number of benzene rings is 2. The maximum Gasteiger partial charge on any atom is 0.338 e. The average Bonchev–Trinajstić information content (AvgIpc) is 2.78. The van der Waals surface area contributed by atoms with Gasteiger partial charge in [0.1, 0.15) is 12.6 Å². The fourth-order valence-corrected chi connectivity index (χ4v) is 3.46. The molecule has 0 aliphatic carbocycles. The molecule has 1 atom stereocenters. The summed E-state index contributed by atoms with van der Waals surface area (Å²) in [6, 6.07) is 11.1. The molecule has 0 spiro atoms. The molecular weight excluding hydrogens is 428 g/mol. The van der Waals surface area contributed by atoms with Crippen molar-refractivity contribution in [3.05, 3.63) is 75.0 Å². The highest BCUT2D eigenvalue weighted by Crippen LogP contribution is 2.42. The van der Waals surface area contributed by atoms with E-state index in [1.807, 2.05) is 30.3 Å². The summed E-state index contributed by atoms with van der Waals surface area (Å²) in [5, 5.41) is 14.8. The molecule has 0 radical (unpaired) electrons. The number of esters is 1. The average molecular weight is 454 g/mol. The van der Waals surface area contributed by atoms with E-state index in [0.29, 0.717) is 18.1 Å². The summed E-state index contributed by atoms with van der Waals surface area (Å²) in [4.78, 5) is 28.4. The molecule has 2 aromatic carbocycles. The van der Waals surface area contributed by atoms with Crippen LogP contribution in [0.25, 0.3) is 0 Å². The SMILES string of the molecule is CCOC(=O)C1=C(C)NC(N)=N[C@@H]1c1cc(OCC)c(OCc2ccccc2)cc1[N+](=O)[O-]. The smallest absolute Gasteiger partial charge is 0.338 e. The van der Waals surface area contributed by atoms with Crippen LogP contribution in [0.3, 0.4) is 0 Å². The van der Waals surface area contributed by atoms with Gasteiger partial charge in [-0.05, 0) is 32.4 Å². The Balaban J connectivity index is 2.09. The Morgan fingerprint density at radius 2 is 1.85 bits per heavy atom. The summed E-state index contributed by atoms with van der Waals surface area (Å²) in [5.41, 5.74) is 7.18. The van der Waals surface area contributed by atoms with Gasteiger partial charge in [-0.2, -0.15) is 0 Å². The van der Waals surface area contributed by atoms with Crippen molar-refractivity contribution in [3.8, 4) is 11.5 Å². The maximum atomic E-state index is 12.7. The number of carbonyl (C=O) groups is 1. The van der Waals surface area contributed by atoms with Crippen molar-refractivity contribution < 1.29 is 23.9 Å². The summed E-state index contributed by atoms with van der Waals surface area (Å²) in [6.07, 6.45) is 0. The second kappa shape index (κ2) is 10.5. The van der Waals surface area contributed by atoms with Crippen molar-refractivity contribution in [2.45, 2.75) is 33.4 Å². The first kappa shape index (κ1) is 23.6. The van der Waals surface area contributed by atoms with Crippen molar-refractivity contribution in [1.29, 1.82) is 0 Å². The summed E-state index contributed by atoms with van der Waals surface area (Å²) in [5.74, 6) is -0.106. The molecule has 3 N–H and O–H groups in total. The highest BCUT2D eigenvalue weighted by Gasteiger charge is 2.35. The minimum atomic E-state index is -1.05. The number of nitro groups is 1. The Labute approximate surface area is 191 Å². The van der Waals surface area contributed by atoms with Crippen LogP contribution in [0, 0.1) is 10.1 Å². The van der Waals surface area contributed by atoms with Crippen LogP contribution in [0.2, 0.25) is 0 Å². The Bertz CT molecular complexity index is 1100. The van der Waals surface area contributed by atoms with Gasteiger partial charge in [-0.15, -0.1) is 0 Å². The number of carbonyl (C=O) groups excluding carboxylic acids is 1. The Kier molecular flexibility index (Phi) is 7.50. The van der Waals surface area contributed by atoms with Crippen LogP contribution in [-0.2, 0) is 16.1 Å². The van der Waals surface area contributed by atoms with Gasteiger partial charge >= 0.3 is 5.97 Å². The number of hydrogen-bond donors (Lipinski definition) is 2. The lowest BCUT2D eigenvalue weighted by molar-refractivity contribution is -0.385. The molecule has 0 fully saturated rings. The number of hydrogen-bond acceptors (Lipinski definition) is 9.